The number of benzene rings is 2. The minimum Gasteiger partial charge on any atom is -0.490 e. The predicted octanol–water partition coefficient (Wildman–Crippen LogP) is 4.85. The van der Waals surface area contributed by atoms with Crippen molar-refractivity contribution in [3.8, 4) is 16.9 Å². The molecule has 0 unspecified atom stereocenters. The van der Waals surface area contributed by atoms with E-state index in [2.05, 4.69) is 30.8 Å². The number of halogens is 1. The Morgan fingerprint density at radius 2 is 1.81 bits per heavy atom. The molecule has 2 aromatic heterocycles. The SMILES string of the molecule is NCc1cnc2c(N3CCc4c(-c5cccc(OCCCN6CCCC6)c5F)cccc43)ncnc2c1. The van der Waals surface area contributed by atoms with E-state index >= 15 is 4.39 Å². The minimum atomic E-state index is -0.306. The number of anilines is 2. The maximum atomic E-state index is 15.7. The lowest BCUT2D eigenvalue weighted by Gasteiger charge is -2.20. The van der Waals surface area contributed by atoms with Crippen LogP contribution >= 0.6 is 0 Å². The molecule has 2 aliphatic heterocycles. The van der Waals surface area contributed by atoms with Gasteiger partial charge in [-0.2, -0.15) is 0 Å². The number of aromatic nitrogens is 3. The highest BCUT2D eigenvalue weighted by Crippen LogP contribution is 2.42. The second-order valence-electron chi connectivity index (χ2n) is 9.69. The van der Waals surface area contributed by atoms with E-state index in [0.717, 1.165) is 78.2 Å². The molecule has 2 N–H and O–H groups in total. The van der Waals surface area contributed by atoms with Crippen molar-refractivity contribution < 1.29 is 9.13 Å². The van der Waals surface area contributed by atoms with Crippen molar-refractivity contribution in [3.05, 3.63) is 71.9 Å². The number of fused-ring (bicyclic) bond motifs is 2. The molecule has 6 rings (SSSR count). The topological polar surface area (TPSA) is 80.4 Å². The summed E-state index contributed by atoms with van der Waals surface area (Å²) in [5.41, 5.74) is 11.8. The number of hydrogen-bond acceptors (Lipinski definition) is 7. The molecule has 1 saturated heterocycles. The third-order valence-electron chi connectivity index (χ3n) is 7.36. The molecule has 37 heavy (non-hydrogen) atoms. The van der Waals surface area contributed by atoms with E-state index in [1.807, 2.05) is 30.3 Å². The fourth-order valence-electron chi connectivity index (χ4n) is 5.50. The van der Waals surface area contributed by atoms with E-state index in [1.54, 1.807) is 18.6 Å². The summed E-state index contributed by atoms with van der Waals surface area (Å²) < 4.78 is 21.6. The first-order chi connectivity index (χ1) is 18.2. The summed E-state index contributed by atoms with van der Waals surface area (Å²) in [7, 11) is 0. The lowest BCUT2D eigenvalue weighted by atomic mass is 9.97. The first-order valence-electron chi connectivity index (χ1n) is 13.1. The Morgan fingerprint density at radius 1 is 0.973 bits per heavy atom. The summed E-state index contributed by atoms with van der Waals surface area (Å²) in [5, 5.41) is 0. The molecule has 0 bridgehead atoms. The van der Waals surface area contributed by atoms with E-state index in [0.29, 0.717) is 24.5 Å². The van der Waals surface area contributed by atoms with E-state index in [-0.39, 0.29) is 5.82 Å². The van der Waals surface area contributed by atoms with Crippen LogP contribution in [0.15, 0.2) is 55.0 Å². The zero-order valence-electron chi connectivity index (χ0n) is 20.9. The Morgan fingerprint density at radius 3 is 2.68 bits per heavy atom. The molecular weight excluding hydrogens is 467 g/mol. The fourth-order valence-corrected chi connectivity index (χ4v) is 5.50. The van der Waals surface area contributed by atoms with Crippen LogP contribution in [0.3, 0.4) is 0 Å². The van der Waals surface area contributed by atoms with Gasteiger partial charge in [-0.15, -0.1) is 0 Å². The van der Waals surface area contributed by atoms with Crippen molar-refractivity contribution in [1.29, 1.82) is 0 Å². The molecule has 7 nitrogen and oxygen atoms in total. The van der Waals surface area contributed by atoms with Crippen LogP contribution in [-0.2, 0) is 13.0 Å². The zero-order chi connectivity index (χ0) is 25.2. The number of hydrogen-bond donors (Lipinski definition) is 1. The first-order valence-corrected chi connectivity index (χ1v) is 13.1. The quantitative estimate of drug-likeness (QED) is 0.348. The second kappa shape index (κ2) is 10.4. The van der Waals surface area contributed by atoms with Gasteiger partial charge in [-0.25, -0.2) is 14.4 Å². The van der Waals surface area contributed by atoms with Crippen molar-refractivity contribution in [2.75, 3.05) is 37.7 Å². The smallest absolute Gasteiger partial charge is 0.172 e. The fraction of sp³-hybridized carbons (Fsp3) is 0.345. The van der Waals surface area contributed by atoms with Gasteiger partial charge in [0, 0.05) is 37.1 Å². The third kappa shape index (κ3) is 4.63. The molecular formula is C29H31FN6O. The summed E-state index contributed by atoms with van der Waals surface area (Å²) in [6, 6.07) is 13.4. The van der Waals surface area contributed by atoms with Crippen molar-refractivity contribution in [1.82, 2.24) is 19.9 Å². The van der Waals surface area contributed by atoms with E-state index in [9.17, 15) is 0 Å². The Labute approximate surface area is 216 Å². The Hall–Kier alpha value is -3.62. The van der Waals surface area contributed by atoms with E-state index < -0.39 is 0 Å². The molecule has 0 amide bonds. The number of nitrogens with two attached hydrogens (primary N) is 1. The summed E-state index contributed by atoms with van der Waals surface area (Å²) in [4.78, 5) is 18.2. The molecule has 4 heterocycles. The van der Waals surface area contributed by atoms with Gasteiger partial charge < -0.3 is 20.3 Å². The maximum Gasteiger partial charge on any atom is 0.172 e. The molecule has 0 saturated carbocycles. The molecule has 4 aromatic rings. The normalized spacial score (nSPS) is 15.5. The van der Waals surface area contributed by atoms with Crippen LogP contribution in [0.4, 0.5) is 15.9 Å². The van der Waals surface area contributed by atoms with Gasteiger partial charge in [0.25, 0.3) is 0 Å². The minimum absolute atomic E-state index is 0.306. The van der Waals surface area contributed by atoms with Gasteiger partial charge in [-0.3, -0.25) is 4.98 Å². The van der Waals surface area contributed by atoms with Crippen LogP contribution in [0, 0.1) is 5.82 Å². The highest BCUT2D eigenvalue weighted by Gasteiger charge is 2.27. The van der Waals surface area contributed by atoms with Gasteiger partial charge >= 0.3 is 0 Å². The van der Waals surface area contributed by atoms with Gasteiger partial charge in [0.1, 0.15) is 11.8 Å². The highest BCUT2D eigenvalue weighted by atomic mass is 19.1. The third-order valence-corrected chi connectivity index (χ3v) is 7.36. The average Bonchev–Trinajstić information content (AvgIpc) is 3.61. The van der Waals surface area contributed by atoms with Crippen molar-refractivity contribution >= 4 is 22.5 Å². The molecule has 0 atom stereocenters. The molecule has 0 aliphatic carbocycles. The first kappa shape index (κ1) is 23.8. The van der Waals surface area contributed by atoms with Crippen LogP contribution in [0.5, 0.6) is 5.75 Å². The lowest BCUT2D eigenvalue weighted by Crippen LogP contribution is -2.22. The van der Waals surface area contributed by atoms with Crippen LogP contribution in [0.2, 0.25) is 0 Å². The van der Waals surface area contributed by atoms with Crippen molar-refractivity contribution in [2.24, 2.45) is 5.73 Å². The average molecular weight is 499 g/mol. The van der Waals surface area contributed by atoms with Crippen molar-refractivity contribution in [3.63, 3.8) is 0 Å². The van der Waals surface area contributed by atoms with Crippen LogP contribution in [-0.4, -0.2) is 52.6 Å². The van der Waals surface area contributed by atoms with E-state index in [1.165, 1.54) is 12.8 Å². The highest BCUT2D eigenvalue weighted by molar-refractivity contribution is 5.90. The van der Waals surface area contributed by atoms with Gasteiger partial charge in [-0.05, 0) is 73.7 Å². The maximum absolute atomic E-state index is 15.7. The summed E-state index contributed by atoms with van der Waals surface area (Å²) >= 11 is 0. The van der Waals surface area contributed by atoms with Crippen molar-refractivity contribution in [2.45, 2.75) is 32.2 Å². The zero-order valence-corrected chi connectivity index (χ0v) is 20.9. The Balaban J connectivity index is 1.27. The molecule has 0 radical (unpaired) electrons. The summed E-state index contributed by atoms with van der Waals surface area (Å²) in [6.07, 6.45) is 7.55. The van der Waals surface area contributed by atoms with Gasteiger partial charge in [0.2, 0.25) is 0 Å². The second-order valence-corrected chi connectivity index (χ2v) is 9.69. The summed E-state index contributed by atoms with van der Waals surface area (Å²) in [5.74, 6) is 0.757. The van der Waals surface area contributed by atoms with Gasteiger partial charge in [0.05, 0.1) is 12.1 Å². The van der Waals surface area contributed by atoms with E-state index in [4.69, 9.17) is 10.5 Å². The largest absolute Gasteiger partial charge is 0.490 e. The molecule has 190 valence electrons. The predicted molar refractivity (Wildman–Crippen MR) is 144 cm³/mol. The Bertz CT molecular complexity index is 1420. The number of pyridine rings is 1. The molecule has 1 fully saturated rings. The number of nitrogens with zero attached hydrogens (tertiary/aromatic N) is 5. The Kier molecular flexibility index (Phi) is 6.68. The number of rotatable bonds is 8. The monoisotopic (exact) mass is 498 g/mol. The number of ether oxygens (including phenoxy) is 1. The van der Waals surface area contributed by atoms with Crippen LogP contribution in [0.1, 0.15) is 30.4 Å². The summed E-state index contributed by atoms with van der Waals surface area (Å²) in [6.45, 7) is 4.98. The standard InChI is InChI=1S/C29H31FN6O/c30-27-23(7-4-9-26(27)37-15-5-13-35-11-1-2-12-35)21-6-3-8-25-22(21)10-14-36(25)29-28-24(33-19-34-29)16-20(17-31)18-32-28/h3-4,6-9,16,18-19H,1-2,5,10-15,17,31H2. The molecule has 2 aromatic carbocycles. The molecule has 2 aliphatic rings. The molecule has 0 spiro atoms. The lowest BCUT2D eigenvalue weighted by molar-refractivity contribution is 0.256. The number of likely N-dealkylation sites (tertiary alicyclic amines) is 1. The van der Waals surface area contributed by atoms with Crippen LogP contribution in [0.25, 0.3) is 22.2 Å². The van der Waals surface area contributed by atoms with Gasteiger partial charge in [0.15, 0.2) is 17.4 Å². The van der Waals surface area contributed by atoms with Crippen LogP contribution < -0.4 is 15.4 Å². The molecule has 8 heteroatoms. The van der Waals surface area contributed by atoms with Gasteiger partial charge in [-0.1, -0.05) is 24.3 Å².